The van der Waals surface area contributed by atoms with Crippen molar-refractivity contribution in [3.63, 3.8) is 0 Å². The number of halogens is 2. The number of nitrogens with one attached hydrogen (secondary N) is 1. The Hall–Kier alpha value is -0.970. The highest BCUT2D eigenvalue weighted by molar-refractivity contribution is 5.13. The summed E-state index contributed by atoms with van der Waals surface area (Å²) in [4.78, 5) is 0. The largest absolute Gasteiger partial charge is 0.285 e. The van der Waals surface area contributed by atoms with Gasteiger partial charge in [-0.25, -0.2) is 13.9 Å². The predicted molar refractivity (Wildman–Crippen MR) is 49.2 cm³/mol. The molecule has 83 valence electrons. The van der Waals surface area contributed by atoms with Crippen molar-refractivity contribution in [3.8, 4) is 0 Å². The Kier molecular flexibility index (Phi) is 2.73. The maximum atomic E-state index is 13.1. The Labute approximate surface area is 86.5 Å². The van der Waals surface area contributed by atoms with Gasteiger partial charge in [0, 0.05) is 25.0 Å². The fraction of sp³-hybridized carbons (Fsp3) is 0.700. The molecule has 1 heterocycles. The highest BCUT2D eigenvalue weighted by Crippen LogP contribution is 2.38. The predicted octanol–water partition coefficient (Wildman–Crippen LogP) is 2.50. The fourth-order valence-electron chi connectivity index (χ4n) is 2.15. The second kappa shape index (κ2) is 3.89. The fourth-order valence-corrected chi connectivity index (χ4v) is 2.15. The molecule has 2 atom stereocenters. The summed E-state index contributed by atoms with van der Waals surface area (Å²) in [6, 6.07) is 0. The summed E-state index contributed by atoms with van der Waals surface area (Å²) in [6.45, 7) is 0. The standard InChI is InChI=1S/C10H13F2N2O/c11-10(12)3-1-2-8(9(15)4-10)7-5-13-14-6-7/h5-6,8-9H,1-4H2,(H,13,14). The third-order valence-corrected chi connectivity index (χ3v) is 2.95. The molecular formula is C10H13F2N2O. The minimum atomic E-state index is -2.79. The van der Waals surface area contributed by atoms with Crippen LogP contribution in [0.5, 0.6) is 0 Å². The van der Waals surface area contributed by atoms with Crippen LogP contribution in [0.2, 0.25) is 0 Å². The first kappa shape index (κ1) is 10.5. The molecule has 1 aromatic heterocycles. The van der Waals surface area contributed by atoms with Crippen molar-refractivity contribution in [2.45, 2.75) is 43.6 Å². The Morgan fingerprint density at radius 3 is 3.00 bits per heavy atom. The third kappa shape index (κ3) is 2.34. The van der Waals surface area contributed by atoms with Gasteiger partial charge in [-0.3, -0.25) is 5.10 Å². The monoisotopic (exact) mass is 215 g/mol. The Morgan fingerprint density at radius 2 is 2.33 bits per heavy atom. The Balaban J connectivity index is 2.14. The number of H-pyrrole nitrogens is 1. The van der Waals surface area contributed by atoms with Crippen LogP contribution in [0.25, 0.3) is 0 Å². The van der Waals surface area contributed by atoms with Gasteiger partial charge in [-0.2, -0.15) is 5.10 Å². The molecule has 1 fully saturated rings. The van der Waals surface area contributed by atoms with E-state index in [1.165, 1.54) is 0 Å². The van der Waals surface area contributed by atoms with Crippen LogP contribution in [0.3, 0.4) is 0 Å². The van der Waals surface area contributed by atoms with E-state index < -0.39 is 18.4 Å². The van der Waals surface area contributed by atoms with Gasteiger partial charge in [0.25, 0.3) is 5.92 Å². The number of alkyl halides is 2. The van der Waals surface area contributed by atoms with E-state index in [-0.39, 0.29) is 12.3 Å². The maximum absolute atomic E-state index is 13.1. The molecule has 0 bridgehead atoms. The van der Waals surface area contributed by atoms with Crippen LogP contribution in [0.15, 0.2) is 12.4 Å². The first-order chi connectivity index (χ1) is 7.08. The molecule has 0 aromatic carbocycles. The van der Waals surface area contributed by atoms with Gasteiger partial charge in [-0.05, 0) is 18.4 Å². The van der Waals surface area contributed by atoms with Crippen molar-refractivity contribution in [3.05, 3.63) is 18.0 Å². The molecular weight excluding hydrogens is 202 g/mol. The maximum Gasteiger partial charge on any atom is 0.250 e. The zero-order valence-electron chi connectivity index (χ0n) is 8.25. The molecule has 1 saturated carbocycles. The SMILES string of the molecule is [O]C1CC(F)(F)CCCC1c1cn[nH]c1. The topological polar surface area (TPSA) is 48.6 Å². The highest BCUT2D eigenvalue weighted by atomic mass is 19.3. The molecule has 1 aromatic rings. The lowest BCUT2D eigenvalue weighted by atomic mass is 9.92. The smallest absolute Gasteiger partial charge is 0.250 e. The zero-order chi connectivity index (χ0) is 10.9. The molecule has 15 heavy (non-hydrogen) atoms. The van der Waals surface area contributed by atoms with Crippen molar-refractivity contribution in [1.82, 2.24) is 10.2 Å². The van der Waals surface area contributed by atoms with Crippen LogP contribution in [0, 0.1) is 0 Å². The molecule has 1 radical (unpaired) electrons. The van der Waals surface area contributed by atoms with Gasteiger partial charge in [0.05, 0.1) is 6.20 Å². The molecule has 1 N–H and O–H groups in total. The second-order valence-corrected chi connectivity index (χ2v) is 4.13. The van der Waals surface area contributed by atoms with E-state index in [1.807, 2.05) is 0 Å². The number of aromatic amines is 1. The van der Waals surface area contributed by atoms with Gasteiger partial charge in [-0.1, -0.05) is 0 Å². The summed E-state index contributed by atoms with van der Waals surface area (Å²) in [6.07, 6.45) is 2.17. The van der Waals surface area contributed by atoms with Crippen molar-refractivity contribution >= 4 is 0 Å². The van der Waals surface area contributed by atoms with Gasteiger partial charge in [0.1, 0.15) is 6.10 Å². The van der Waals surface area contributed by atoms with Crippen LogP contribution in [0.4, 0.5) is 8.78 Å². The molecule has 5 heteroatoms. The molecule has 0 amide bonds. The van der Waals surface area contributed by atoms with Crippen LogP contribution in [-0.4, -0.2) is 22.2 Å². The van der Waals surface area contributed by atoms with Gasteiger partial charge in [-0.15, -0.1) is 0 Å². The third-order valence-electron chi connectivity index (χ3n) is 2.95. The number of rotatable bonds is 1. The van der Waals surface area contributed by atoms with Crippen molar-refractivity contribution < 1.29 is 13.9 Å². The highest BCUT2D eigenvalue weighted by Gasteiger charge is 2.39. The lowest BCUT2D eigenvalue weighted by Gasteiger charge is -2.18. The average molecular weight is 215 g/mol. The summed E-state index contributed by atoms with van der Waals surface area (Å²) in [5.41, 5.74) is 0.757. The van der Waals surface area contributed by atoms with Gasteiger partial charge < -0.3 is 0 Å². The normalized spacial score (nSPS) is 31.1. The number of hydrogen-bond donors (Lipinski definition) is 1. The average Bonchev–Trinajstić information content (AvgIpc) is 2.59. The molecule has 2 rings (SSSR count). The van der Waals surface area contributed by atoms with Gasteiger partial charge in [0.15, 0.2) is 0 Å². The van der Waals surface area contributed by atoms with E-state index in [4.69, 9.17) is 0 Å². The van der Waals surface area contributed by atoms with Gasteiger partial charge >= 0.3 is 0 Å². The lowest BCUT2D eigenvalue weighted by Crippen LogP contribution is -2.24. The second-order valence-electron chi connectivity index (χ2n) is 4.13. The Bertz CT molecular complexity index is 313. The summed E-state index contributed by atoms with van der Waals surface area (Å²) < 4.78 is 26.2. The van der Waals surface area contributed by atoms with Crippen molar-refractivity contribution in [1.29, 1.82) is 0 Å². The van der Waals surface area contributed by atoms with Crippen LogP contribution >= 0.6 is 0 Å². The van der Waals surface area contributed by atoms with E-state index in [1.54, 1.807) is 12.4 Å². The van der Waals surface area contributed by atoms with Crippen molar-refractivity contribution in [2.75, 3.05) is 0 Å². The molecule has 1 aliphatic rings. The molecule has 0 saturated heterocycles. The first-order valence-electron chi connectivity index (χ1n) is 5.11. The van der Waals surface area contributed by atoms with E-state index in [9.17, 15) is 13.9 Å². The number of aromatic nitrogens is 2. The number of hydrogen-bond acceptors (Lipinski definition) is 1. The summed E-state index contributed by atoms with van der Waals surface area (Å²) in [5.74, 6) is -3.11. The first-order valence-corrected chi connectivity index (χ1v) is 5.11. The quantitative estimate of drug-likeness (QED) is 0.719. The molecule has 2 unspecified atom stereocenters. The van der Waals surface area contributed by atoms with E-state index in [0.717, 1.165) is 5.56 Å². The molecule has 0 aliphatic heterocycles. The zero-order valence-corrected chi connectivity index (χ0v) is 8.25. The molecule has 1 aliphatic carbocycles. The van der Waals surface area contributed by atoms with E-state index >= 15 is 0 Å². The number of nitrogens with zero attached hydrogens (tertiary/aromatic N) is 1. The van der Waals surface area contributed by atoms with Crippen molar-refractivity contribution in [2.24, 2.45) is 0 Å². The van der Waals surface area contributed by atoms with Crippen LogP contribution in [0.1, 0.15) is 37.2 Å². The van der Waals surface area contributed by atoms with Crippen LogP contribution < -0.4 is 0 Å². The minimum Gasteiger partial charge on any atom is -0.285 e. The summed E-state index contributed by atoms with van der Waals surface area (Å²) >= 11 is 0. The summed E-state index contributed by atoms with van der Waals surface area (Å²) in [7, 11) is 0. The Morgan fingerprint density at radius 1 is 1.53 bits per heavy atom. The summed E-state index contributed by atoms with van der Waals surface area (Å²) in [5, 5.41) is 18.0. The van der Waals surface area contributed by atoms with Gasteiger partial charge in [0.2, 0.25) is 0 Å². The molecule has 3 nitrogen and oxygen atoms in total. The van der Waals surface area contributed by atoms with E-state index in [2.05, 4.69) is 10.2 Å². The van der Waals surface area contributed by atoms with Crippen LogP contribution in [-0.2, 0) is 5.11 Å². The lowest BCUT2D eigenvalue weighted by molar-refractivity contribution is -0.0624. The van der Waals surface area contributed by atoms with E-state index in [0.29, 0.717) is 12.8 Å². The minimum absolute atomic E-state index is 0.167. The molecule has 0 spiro atoms.